The number of nitrogens with one attached hydrogen (secondary N) is 1. The van der Waals surface area contributed by atoms with Crippen LogP contribution in [0.3, 0.4) is 0 Å². The second kappa shape index (κ2) is 8.05. The fraction of sp³-hybridized carbons (Fsp3) is 1.00. The van der Waals surface area contributed by atoms with Crippen LogP contribution in [0.5, 0.6) is 0 Å². The van der Waals surface area contributed by atoms with Crippen molar-refractivity contribution in [3.8, 4) is 0 Å². The quantitative estimate of drug-likeness (QED) is 0.766. The molecule has 1 fully saturated rings. The summed E-state index contributed by atoms with van der Waals surface area (Å²) < 4.78 is 13.6. The molecule has 0 aromatic rings. The summed E-state index contributed by atoms with van der Waals surface area (Å²) in [5.41, 5.74) is 0. The van der Waals surface area contributed by atoms with Gasteiger partial charge in [-0.2, -0.15) is 0 Å². The molecule has 0 saturated carbocycles. The highest BCUT2D eigenvalue weighted by molar-refractivity contribution is 4.82. The number of halogens is 1. The molecule has 0 bridgehead atoms. The first-order chi connectivity index (χ1) is 7.09. The van der Waals surface area contributed by atoms with E-state index < -0.39 is 6.17 Å². The Hall–Kier alpha value is -0.150. The Morgan fingerprint density at radius 3 is 2.27 bits per heavy atom. The SMILES string of the molecule is CC.CC(C)NC1CCN(C)CCC1F. The average molecular weight is 218 g/mol. The number of likely N-dealkylation sites (tertiary alicyclic amines) is 1. The Labute approximate surface area is 94.2 Å². The van der Waals surface area contributed by atoms with E-state index in [4.69, 9.17) is 0 Å². The van der Waals surface area contributed by atoms with Gasteiger partial charge in [0.15, 0.2) is 0 Å². The molecule has 2 nitrogen and oxygen atoms in total. The Bertz CT molecular complexity index is 151. The highest BCUT2D eigenvalue weighted by Crippen LogP contribution is 2.14. The fourth-order valence-electron chi connectivity index (χ4n) is 1.81. The van der Waals surface area contributed by atoms with Crippen LogP contribution < -0.4 is 5.32 Å². The molecule has 1 saturated heterocycles. The number of hydrogen-bond donors (Lipinski definition) is 1. The van der Waals surface area contributed by atoms with Crippen LogP contribution in [0.15, 0.2) is 0 Å². The van der Waals surface area contributed by atoms with Crippen LogP contribution in [0.25, 0.3) is 0 Å². The first-order valence-corrected chi connectivity index (χ1v) is 6.18. The smallest absolute Gasteiger partial charge is 0.117 e. The molecule has 2 unspecified atom stereocenters. The van der Waals surface area contributed by atoms with Gasteiger partial charge in [-0.15, -0.1) is 0 Å². The highest BCUT2D eigenvalue weighted by Gasteiger charge is 2.24. The van der Waals surface area contributed by atoms with Gasteiger partial charge in [0.2, 0.25) is 0 Å². The maximum absolute atomic E-state index is 13.6. The summed E-state index contributed by atoms with van der Waals surface area (Å²) in [5, 5.41) is 3.29. The number of nitrogens with zero attached hydrogens (tertiary/aromatic N) is 1. The van der Waals surface area contributed by atoms with Crippen molar-refractivity contribution in [2.75, 3.05) is 20.1 Å². The van der Waals surface area contributed by atoms with Crippen molar-refractivity contribution in [3.63, 3.8) is 0 Å². The molecule has 92 valence electrons. The lowest BCUT2D eigenvalue weighted by molar-refractivity contribution is 0.231. The van der Waals surface area contributed by atoms with E-state index in [1.807, 2.05) is 13.8 Å². The van der Waals surface area contributed by atoms with Gasteiger partial charge < -0.3 is 10.2 Å². The van der Waals surface area contributed by atoms with Crippen molar-refractivity contribution in [2.24, 2.45) is 0 Å². The first-order valence-electron chi connectivity index (χ1n) is 6.18. The second-order valence-electron chi connectivity index (χ2n) is 4.32. The van der Waals surface area contributed by atoms with Gasteiger partial charge in [0.05, 0.1) is 0 Å². The van der Waals surface area contributed by atoms with Gasteiger partial charge in [0, 0.05) is 18.6 Å². The molecule has 3 heteroatoms. The van der Waals surface area contributed by atoms with E-state index in [9.17, 15) is 4.39 Å². The van der Waals surface area contributed by atoms with Crippen molar-refractivity contribution in [1.29, 1.82) is 0 Å². The molecule has 0 amide bonds. The Morgan fingerprint density at radius 2 is 1.73 bits per heavy atom. The Morgan fingerprint density at radius 1 is 1.20 bits per heavy atom. The molecule has 1 N–H and O–H groups in total. The van der Waals surface area contributed by atoms with Crippen LogP contribution in [0.4, 0.5) is 4.39 Å². The molecule has 2 atom stereocenters. The van der Waals surface area contributed by atoms with Crippen LogP contribution >= 0.6 is 0 Å². The zero-order valence-electron chi connectivity index (χ0n) is 10.9. The summed E-state index contributed by atoms with van der Waals surface area (Å²) in [6, 6.07) is 0.441. The molecule has 0 aromatic heterocycles. The minimum absolute atomic E-state index is 0.0601. The molecule has 1 rings (SSSR count). The summed E-state index contributed by atoms with van der Waals surface area (Å²) in [6.07, 6.45) is 0.920. The molecule has 1 heterocycles. The van der Waals surface area contributed by atoms with Gasteiger partial charge in [-0.25, -0.2) is 4.39 Å². The van der Waals surface area contributed by atoms with Crippen LogP contribution in [-0.2, 0) is 0 Å². The first kappa shape index (κ1) is 14.8. The van der Waals surface area contributed by atoms with Crippen molar-refractivity contribution >= 4 is 0 Å². The monoisotopic (exact) mass is 218 g/mol. The highest BCUT2D eigenvalue weighted by atomic mass is 19.1. The van der Waals surface area contributed by atoms with Crippen LogP contribution in [0.1, 0.15) is 40.5 Å². The Kier molecular flexibility index (Phi) is 7.97. The van der Waals surface area contributed by atoms with Gasteiger partial charge >= 0.3 is 0 Å². The molecular formula is C12H27FN2. The van der Waals surface area contributed by atoms with E-state index in [1.165, 1.54) is 0 Å². The minimum Gasteiger partial charge on any atom is -0.309 e. The predicted molar refractivity (Wildman–Crippen MR) is 65.0 cm³/mol. The fourth-order valence-corrected chi connectivity index (χ4v) is 1.81. The van der Waals surface area contributed by atoms with Gasteiger partial charge in [-0.05, 0) is 26.4 Å². The third kappa shape index (κ3) is 6.10. The lowest BCUT2D eigenvalue weighted by Gasteiger charge is -2.22. The topological polar surface area (TPSA) is 15.3 Å². The zero-order chi connectivity index (χ0) is 11.8. The number of alkyl halides is 1. The van der Waals surface area contributed by atoms with Gasteiger partial charge in [-0.3, -0.25) is 0 Å². The van der Waals surface area contributed by atoms with E-state index in [1.54, 1.807) is 0 Å². The lowest BCUT2D eigenvalue weighted by atomic mass is 10.1. The summed E-state index contributed by atoms with van der Waals surface area (Å²) in [5.74, 6) is 0. The van der Waals surface area contributed by atoms with Crippen LogP contribution in [-0.4, -0.2) is 43.3 Å². The summed E-state index contributed by atoms with van der Waals surface area (Å²) >= 11 is 0. The predicted octanol–water partition coefficient (Wildman–Crippen LogP) is 2.44. The Balaban J connectivity index is 0.000000921. The van der Waals surface area contributed by atoms with Crippen molar-refractivity contribution in [2.45, 2.75) is 58.8 Å². The van der Waals surface area contributed by atoms with Gasteiger partial charge in [-0.1, -0.05) is 27.7 Å². The van der Waals surface area contributed by atoms with E-state index in [0.29, 0.717) is 12.5 Å². The largest absolute Gasteiger partial charge is 0.309 e. The summed E-state index contributed by atoms with van der Waals surface area (Å²) in [7, 11) is 2.06. The van der Waals surface area contributed by atoms with Gasteiger partial charge in [0.1, 0.15) is 6.17 Å². The molecule has 15 heavy (non-hydrogen) atoms. The molecule has 0 aromatic carbocycles. The van der Waals surface area contributed by atoms with E-state index in [0.717, 1.165) is 19.5 Å². The molecular weight excluding hydrogens is 191 g/mol. The normalized spacial score (nSPS) is 28.2. The zero-order valence-corrected chi connectivity index (χ0v) is 10.9. The maximum atomic E-state index is 13.6. The molecule has 1 aliphatic rings. The van der Waals surface area contributed by atoms with Crippen molar-refractivity contribution in [1.82, 2.24) is 10.2 Å². The maximum Gasteiger partial charge on any atom is 0.117 e. The van der Waals surface area contributed by atoms with Gasteiger partial charge in [0.25, 0.3) is 0 Å². The minimum atomic E-state index is -0.674. The van der Waals surface area contributed by atoms with Crippen LogP contribution in [0, 0.1) is 0 Å². The molecule has 1 aliphatic heterocycles. The van der Waals surface area contributed by atoms with E-state index in [-0.39, 0.29) is 6.04 Å². The number of rotatable bonds is 2. The third-order valence-electron chi connectivity index (χ3n) is 2.59. The van der Waals surface area contributed by atoms with Crippen molar-refractivity contribution < 1.29 is 4.39 Å². The summed E-state index contributed by atoms with van der Waals surface area (Å²) in [6.45, 7) is 10.0. The molecule has 0 spiro atoms. The second-order valence-corrected chi connectivity index (χ2v) is 4.32. The molecule has 0 aliphatic carbocycles. The average Bonchev–Trinajstić information content (AvgIpc) is 2.36. The summed E-state index contributed by atoms with van der Waals surface area (Å²) in [4.78, 5) is 2.20. The third-order valence-corrected chi connectivity index (χ3v) is 2.59. The lowest BCUT2D eigenvalue weighted by Crippen LogP contribution is -2.41. The molecule has 0 radical (unpaired) electrons. The van der Waals surface area contributed by atoms with E-state index in [2.05, 4.69) is 31.1 Å². The van der Waals surface area contributed by atoms with E-state index >= 15 is 0 Å². The van der Waals surface area contributed by atoms with Crippen molar-refractivity contribution in [3.05, 3.63) is 0 Å². The number of hydrogen-bond acceptors (Lipinski definition) is 2. The van der Waals surface area contributed by atoms with Crippen LogP contribution in [0.2, 0.25) is 0 Å². The standard InChI is InChI=1S/C10H21FN2.C2H6/c1-8(2)12-10-5-7-13(3)6-4-9(10)11;1-2/h8-10,12H,4-7H2,1-3H3;1-2H3.